The van der Waals surface area contributed by atoms with E-state index < -0.39 is 0 Å². The highest BCUT2D eigenvalue weighted by Gasteiger charge is 2.14. The van der Waals surface area contributed by atoms with Crippen LogP contribution in [-0.2, 0) is 6.54 Å². The number of rotatable bonds is 5. The molecule has 0 radical (unpaired) electrons. The molecule has 0 fully saturated rings. The van der Waals surface area contributed by atoms with Crippen LogP contribution >= 0.6 is 0 Å². The number of aromatic nitrogens is 2. The highest BCUT2D eigenvalue weighted by molar-refractivity contribution is 6.06. The van der Waals surface area contributed by atoms with Crippen LogP contribution in [0.5, 0.6) is 5.75 Å². The molecule has 1 amide bonds. The summed E-state index contributed by atoms with van der Waals surface area (Å²) in [6.45, 7) is 0.408. The van der Waals surface area contributed by atoms with Gasteiger partial charge in [-0.2, -0.15) is 5.10 Å². The van der Waals surface area contributed by atoms with E-state index >= 15 is 0 Å². The second-order valence-electron chi connectivity index (χ2n) is 6.30. The largest absolute Gasteiger partial charge is 0.497 e. The number of hydrogen-bond donors (Lipinski definition) is 1. The molecule has 0 aliphatic carbocycles. The predicted molar refractivity (Wildman–Crippen MR) is 105 cm³/mol. The van der Waals surface area contributed by atoms with Crippen LogP contribution in [-0.4, -0.2) is 22.8 Å². The first-order valence-corrected chi connectivity index (χ1v) is 8.79. The number of nitrogens with zero attached hydrogens (tertiary/aromatic N) is 2. The number of benzene rings is 3. The maximum atomic E-state index is 13.2. The molecule has 1 N–H and O–H groups in total. The third-order valence-corrected chi connectivity index (χ3v) is 4.54. The van der Waals surface area contributed by atoms with Gasteiger partial charge in [-0.3, -0.25) is 4.79 Å². The van der Waals surface area contributed by atoms with Gasteiger partial charge in [0.2, 0.25) is 0 Å². The van der Waals surface area contributed by atoms with Crippen molar-refractivity contribution in [1.82, 2.24) is 15.1 Å². The van der Waals surface area contributed by atoms with E-state index in [1.165, 1.54) is 12.1 Å². The number of halogens is 1. The molecular formula is C22H18FN3O2. The number of nitrogens with one attached hydrogen (secondary N) is 1. The van der Waals surface area contributed by atoms with Gasteiger partial charge in [0.1, 0.15) is 11.6 Å². The molecule has 140 valence electrons. The Morgan fingerprint density at radius 3 is 2.54 bits per heavy atom. The van der Waals surface area contributed by atoms with E-state index in [1.54, 1.807) is 36.2 Å². The van der Waals surface area contributed by atoms with Gasteiger partial charge in [0.15, 0.2) is 0 Å². The van der Waals surface area contributed by atoms with Crippen LogP contribution in [0, 0.1) is 5.82 Å². The van der Waals surface area contributed by atoms with E-state index in [-0.39, 0.29) is 11.7 Å². The molecule has 1 aromatic heterocycles. The summed E-state index contributed by atoms with van der Waals surface area (Å²) in [6, 6.07) is 19.1. The quantitative estimate of drug-likeness (QED) is 0.571. The van der Waals surface area contributed by atoms with E-state index in [0.29, 0.717) is 12.1 Å². The molecule has 0 aliphatic rings. The molecule has 0 unspecified atom stereocenters. The van der Waals surface area contributed by atoms with Gasteiger partial charge in [0.05, 0.1) is 30.1 Å². The topological polar surface area (TPSA) is 56.1 Å². The Morgan fingerprint density at radius 2 is 1.82 bits per heavy atom. The highest BCUT2D eigenvalue weighted by atomic mass is 19.1. The number of fused-ring (bicyclic) bond motifs is 1. The second-order valence-corrected chi connectivity index (χ2v) is 6.30. The van der Waals surface area contributed by atoms with Gasteiger partial charge in [0.25, 0.3) is 5.91 Å². The Kier molecular flexibility index (Phi) is 4.76. The summed E-state index contributed by atoms with van der Waals surface area (Å²) in [5, 5.41) is 8.05. The fourth-order valence-electron chi connectivity index (χ4n) is 3.06. The molecule has 0 saturated carbocycles. The van der Waals surface area contributed by atoms with Gasteiger partial charge in [-0.05, 0) is 54.1 Å². The van der Waals surface area contributed by atoms with Crippen LogP contribution in [0.15, 0.2) is 72.9 Å². The Morgan fingerprint density at radius 1 is 1.07 bits per heavy atom. The van der Waals surface area contributed by atoms with Crippen molar-refractivity contribution in [2.45, 2.75) is 6.54 Å². The van der Waals surface area contributed by atoms with E-state index in [4.69, 9.17) is 4.74 Å². The van der Waals surface area contributed by atoms with Crippen LogP contribution in [0.25, 0.3) is 16.6 Å². The predicted octanol–water partition coefficient (Wildman–Crippen LogP) is 4.10. The van der Waals surface area contributed by atoms with Crippen molar-refractivity contribution in [3.63, 3.8) is 0 Å². The average Bonchev–Trinajstić information content (AvgIpc) is 3.17. The van der Waals surface area contributed by atoms with Gasteiger partial charge in [-0.1, -0.05) is 18.2 Å². The first-order valence-electron chi connectivity index (χ1n) is 8.79. The lowest BCUT2D eigenvalue weighted by atomic mass is 10.1. The van der Waals surface area contributed by atoms with E-state index in [2.05, 4.69) is 10.4 Å². The molecule has 4 rings (SSSR count). The van der Waals surface area contributed by atoms with Gasteiger partial charge < -0.3 is 10.1 Å². The minimum absolute atomic E-state index is 0.180. The van der Waals surface area contributed by atoms with Crippen molar-refractivity contribution in [2.24, 2.45) is 0 Å². The molecule has 0 atom stereocenters. The van der Waals surface area contributed by atoms with Gasteiger partial charge in [0, 0.05) is 11.9 Å². The monoisotopic (exact) mass is 375 g/mol. The van der Waals surface area contributed by atoms with Crippen LogP contribution in [0.1, 0.15) is 15.9 Å². The van der Waals surface area contributed by atoms with E-state index in [0.717, 1.165) is 27.9 Å². The minimum atomic E-state index is -0.307. The number of amides is 1. The van der Waals surface area contributed by atoms with Crippen LogP contribution in [0.3, 0.4) is 0 Å². The molecular weight excluding hydrogens is 357 g/mol. The first kappa shape index (κ1) is 17.7. The lowest BCUT2D eigenvalue weighted by Gasteiger charge is -2.08. The number of carbonyl (C=O) groups is 1. The summed E-state index contributed by atoms with van der Waals surface area (Å²) in [6.07, 6.45) is 1.65. The van der Waals surface area contributed by atoms with Crippen LogP contribution in [0.2, 0.25) is 0 Å². The van der Waals surface area contributed by atoms with Gasteiger partial charge in [-0.25, -0.2) is 9.07 Å². The third-order valence-electron chi connectivity index (χ3n) is 4.54. The second kappa shape index (κ2) is 7.52. The highest BCUT2D eigenvalue weighted by Crippen LogP contribution is 2.22. The normalized spacial score (nSPS) is 10.8. The zero-order chi connectivity index (χ0) is 19.5. The van der Waals surface area contributed by atoms with E-state index in [9.17, 15) is 9.18 Å². The molecule has 0 aliphatic heterocycles. The molecule has 4 aromatic rings. The number of hydrogen-bond acceptors (Lipinski definition) is 3. The van der Waals surface area contributed by atoms with Crippen LogP contribution < -0.4 is 10.1 Å². The maximum Gasteiger partial charge on any atom is 0.252 e. The zero-order valence-electron chi connectivity index (χ0n) is 15.2. The standard InChI is InChI=1S/C22H18FN3O2/c1-28-18-11-5-15(6-12-18)13-24-22(27)19-3-2-4-21-20(19)14-25-26(21)17-9-7-16(23)8-10-17/h2-12,14H,13H2,1H3,(H,24,27). The molecule has 6 heteroatoms. The molecule has 0 spiro atoms. The fraction of sp³-hybridized carbons (Fsp3) is 0.0909. The minimum Gasteiger partial charge on any atom is -0.497 e. The summed E-state index contributed by atoms with van der Waals surface area (Å²) in [5.74, 6) is 0.284. The van der Waals surface area contributed by atoms with Crippen molar-refractivity contribution in [1.29, 1.82) is 0 Å². The Bertz CT molecular complexity index is 1120. The Hall–Kier alpha value is -3.67. The Balaban J connectivity index is 1.58. The third kappa shape index (κ3) is 3.44. The molecule has 1 heterocycles. The summed E-state index contributed by atoms with van der Waals surface area (Å²) in [7, 11) is 1.61. The first-order chi connectivity index (χ1) is 13.7. The smallest absolute Gasteiger partial charge is 0.252 e. The SMILES string of the molecule is COc1ccc(CNC(=O)c2cccc3c2cnn3-c2ccc(F)cc2)cc1. The van der Waals surface area contributed by atoms with Crippen molar-refractivity contribution in [3.05, 3.63) is 89.9 Å². The lowest BCUT2D eigenvalue weighted by molar-refractivity contribution is 0.0952. The van der Waals surface area contributed by atoms with Crippen molar-refractivity contribution in [3.8, 4) is 11.4 Å². The maximum absolute atomic E-state index is 13.2. The number of ether oxygens (including phenoxy) is 1. The fourth-order valence-corrected chi connectivity index (χ4v) is 3.06. The summed E-state index contributed by atoms with van der Waals surface area (Å²) >= 11 is 0. The molecule has 0 saturated heterocycles. The summed E-state index contributed by atoms with van der Waals surface area (Å²) in [4.78, 5) is 12.7. The summed E-state index contributed by atoms with van der Waals surface area (Å²) in [5.41, 5.74) is 3.03. The van der Waals surface area contributed by atoms with Crippen molar-refractivity contribution >= 4 is 16.8 Å². The van der Waals surface area contributed by atoms with Crippen LogP contribution in [0.4, 0.5) is 4.39 Å². The zero-order valence-corrected chi connectivity index (χ0v) is 15.2. The van der Waals surface area contributed by atoms with Gasteiger partial charge in [-0.15, -0.1) is 0 Å². The molecule has 3 aromatic carbocycles. The van der Waals surface area contributed by atoms with Gasteiger partial charge >= 0.3 is 0 Å². The number of methoxy groups -OCH3 is 1. The lowest BCUT2D eigenvalue weighted by Crippen LogP contribution is -2.22. The Labute approximate surface area is 161 Å². The number of carbonyl (C=O) groups excluding carboxylic acids is 1. The molecule has 0 bridgehead atoms. The molecule has 5 nitrogen and oxygen atoms in total. The van der Waals surface area contributed by atoms with Crippen molar-refractivity contribution < 1.29 is 13.9 Å². The molecule has 28 heavy (non-hydrogen) atoms. The van der Waals surface area contributed by atoms with E-state index in [1.807, 2.05) is 36.4 Å². The average molecular weight is 375 g/mol. The van der Waals surface area contributed by atoms with Crippen molar-refractivity contribution in [2.75, 3.05) is 7.11 Å². The summed E-state index contributed by atoms with van der Waals surface area (Å²) < 4.78 is 20.0.